The van der Waals surface area contributed by atoms with E-state index in [1.807, 2.05) is 0 Å². The van der Waals surface area contributed by atoms with Gasteiger partial charge in [0, 0.05) is 28.4 Å². The van der Waals surface area contributed by atoms with Crippen LogP contribution in [0.1, 0.15) is 22.6 Å². The molecule has 1 aromatic heterocycles. The minimum atomic E-state index is -0.696. The summed E-state index contributed by atoms with van der Waals surface area (Å²) in [5, 5.41) is 11.7. The lowest BCUT2D eigenvalue weighted by molar-refractivity contribution is -0.119. The Morgan fingerprint density at radius 2 is 1.85 bits per heavy atom. The number of nitrogens with zero attached hydrogens (tertiary/aromatic N) is 4. The van der Waals surface area contributed by atoms with Crippen LogP contribution in [0.3, 0.4) is 0 Å². The second kappa shape index (κ2) is 9.97. The highest BCUT2D eigenvalue weighted by molar-refractivity contribution is 7.99. The molecule has 4 rings (SSSR count). The Bertz CT molecular complexity index is 1240. The van der Waals surface area contributed by atoms with Crippen LogP contribution in [0, 0.1) is 0 Å². The number of hydrogen-bond acceptors (Lipinski definition) is 7. The maximum Gasteiger partial charge on any atom is 0.347 e. The van der Waals surface area contributed by atoms with Crippen LogP contribution in [0.5, 0.6) is 5.75 Å². The zero-order chi connectivity index (χ0) is 23.4. The van der Waals surface area contributed by atoms with Crippen LogP contribution >= 0.6 is 23.4 Å². The predicted molar refractivity (Wildman–Crippen MR) is 124 cm³/mol. The minimum absolute atomic E-state index is 0.00233. The number of Topliss-reactive ketones (excluding diaryl/α,β-unsaturated/α-hetero) is 1. The molecule has 1 aliphatic heterocycles. The lowest BCUT2D eigenvalue weighted by Gasteiger charge is -2.13. The molecule has 11 heteroatoms. The van der Waals surface area contributed by atoms with Gasteiger partial charge < -0.3 is 4.74 Å². The molecule has 0 saturated heterocycles. The van der Waals surface area contributed by atoms with Gasteiger partial charge in [-0.25, -0.2) is 9.79 Å². The normalized spacial score (nSPS) is 13.5. The van der Waals surface area contributed by atoms with E-state index in [4.69, 9.17) is 16.3 Å². The fourth-order valence-corrected chi connectivity index (χ4v) is 4.18. The summed E-state index contributed by atoms with van der Waals surface area (Å²) < 4.78 is 6.89. The number of carbonyl (C=O) groups excluding carboxylic acids is 3. The Balaban J connectivity index is 1.59. The van der Waals surface area contributed by atoms with Gasteiger partial charge in [0.1, 0.15) is 11.6 Å². The van der Waals surface area contributed by atoms with Crippen LogP contribution < -0.4 is 10.1 Å². The number of methoxy groups -OCH3 is 1. The third kappa shape index (κ3) is 5.47. The largest absolute Gasteiger partial charge is 0.497 e. The number of thioether (sulfide) groups is 1. The zero-order valence-electron chi connectivity index (χ0n) is 17.4. The van der Waals surface area contributed by atoms with Crippen LogP contribution in [0.4, 0.5) is 4.79 Å². The first-order valence-electron chi connectivity index (χ1n) is 9.83. The van der Waals surface area contributed by atoms with Crippen LogP contribution in [0.15, 0.2) is 58.7 Å². The fourth-order valence-electron chi connectivity index (χ4n) is 3.19. The van der Waals surface area contributed by atoms with E-state index in [1.54, 1.807) is 60.2 Å². The average Bonchev–Trinajstić information content (AvgIpc) is 3.19. The molecule has 9 nitrogen and oxygen atoms in total. The van der Waals surface area contributed by atoms with Gasteiger partial charge in [0.25, 0.3) is 0 Å². The number of imide groups is 1. The zero-order valence-corrected chi connectivity index (χ0v) is 19.0. The third-order valence-electron chi connectivity index (χ3n) is 4.76. The number of ketones is 1. The van der Waals surface area contributed by atoms with Gasteiger partial charge in [-0.05, 0) is 48.5 Å². The van der Waals surface area contributed by atoms with E-state index >= 15 is 0 Å². The van der Waals surface area contributed by atoms with Crippen LogP contribution in [0.2, 0.25) is 5.02 Å². The number of aliphatic imine (C=N–C) groups is 1. The molecule has 2 aromatic carbocycles. The smallest absolute Gasteiger partial charge is 0.347 e. The lowest BCUT2D eigenvalue weighted by Crippen LogP contribution is -2.35. The van der Waals surface area contributed by atoms with Crippen molar-refractivity contribution in [3.8, 4) is 11.4 Å². The molecular formula is C22H18ClN5O4S. The summed E-state index contributed by atoms with van der Waals surface area (Å²) in [6.45, 7) is 0. The maximum atomic E-state index is 12.7. The van der Waals surface area contributed by atoms with E-state index < -0.39 is 11.9 Å². The molecule has 33 heavy (non-hydrogen) atoms. The number of halogens is 1. The summed E-state index contributed by atoms with van der Waals surface area (Å²) in [5.41, 5.74) is 1.67. The van der Waals surface area contributed by atoms with Crippen molar-refractivity contribution in [1.29, 1.82) is 0 Å². The number of benzene rings is 2. The Hall–Kier alpha value is -3.50. The van der Waals surface area contributed by atoms with E-state index in [0.717, 1.165) is 5.69 Å². The molecule has 0 atom stereocenters. The molecule has 0 saturated carbocycles. The van der Waals surface area contributed by atoms with Crippen molar-refractivity contribution in [2.24, 2.45) is 4.99 Å². The molecule has 0 aliphatic carbocycles. The third-order valence-corrected chi connectivity index (χ3v) is 5.94. The van der Waals surface area contributed by atoms with Crippen molar-refractivity contribution in [1.82, 2.24) is 20.1 Å². The lowest BCUT2D eigenvalue weighted by atomic mass is 10.1. The monoisotopic (exact) mass is 483 g/mol. The minimum Gasteiger partial charge on any atom is -0.497 e. The van der Waals surface area contributed by atoms with Gasteiger partial charge in [-0.15, -0.1) is 10.2 Å². The number of ether oxygens (including phenoxy) is 1. The fraction of sp³-hybridized carbons (Fsp3) is 0.182. The maximum absolute atomic E-state index is 12.7. The van der Waals surface area contributed by atoms with Crippen molar-refractivity contribution in [3.05, 3.63) is 64.9 Å². The van der Waals surface area contributed by atoms with Crippen LogP contribution in [0.25, 0.3) is 5.69 Å². The Morgan fingerprint density at radius 1 is 1.12 bits per heavy atom. The van der Waals surface area contributed by atoms with Crippen molar-refractivity contribution in [3.63, 3.8) is 0 Å². The number of aromatic nitrogens is 3. The number of urea groups is 1. The number of hydrogen-bond donors (Lipinski definition) is 1. The molecule has 0 radical (unpaired) electrons. The second-order valence-corrected chi connectivity index (χ2v) is 8.41. The SMILES string of the molecule is COc1ccc(C(=O)CSc2nnc(CC3=NC(=O)NC(=O)C3)n2-c2ccc(Cl)cc2)cc1. The second-order valence-electron chi connectivity index (χ2n) is 7.04. The number of carbonyl (C=O) groups is 3. The van der Waals surface area contributed by atoms with Gasteiger partial charge in [-0.1, -0.05) is 23.4 Å². The standard InChI is InChI=1S/C22H18ClN5O4S/c1-32-17-8-2-13(3-9-17)18(29)12-33-22-27-26-19(10-15-11-20(30)25-21(31)24-15)28(22)16-6-4-14(23)5-7-16/h2-9H,10-12H2,1H3,(H,25,30,31). The Morgan fingerprint density at radius 3 is 2.52 bits per heavy atom. The highest BCUT2D eigenvalue weighted by Gasteiger charge is 2.22. The highest BCUT2D eigenvalue weighted by atomic mass is 35.5. The van der Waals surface area contributed by atoms with Gasteiger partial charge in [0.2, 0.25) is 5.91 Å². The molecule has 0 unspecified atom stereocenters. The molecule has 0 fully saturated rings. The van der Waals surface area contributed by atoms with E-state index in [1.165, 1.54) is 11.8 Å². The summed E-state index contributed by atoms with van der Waals surface area (Å²) in [6, 6.07) is 13.2. The van der Waals surface area contributed by atoms with Gasteiger partial charge >= 0.3 is 6.03 Å². The van der Waals surface area contributed by atoms with Crippen LogP contribution in [-0.2, 0) is 11.2 Å². The van der Waals surface area contributed by atoms with Gasteiger partial charge in [0.15, 0.2) is 10.9 Å². The number of nitrogens with one attached hydrogen (secondary N) is 1. The molecule has 1 N–H and O–H groups in total. The molecule has 0 bridgehead atoms. The highest BCUT2D eigenvalue weighted by Crippen LogP contribution is 2.25. The van der Waals surface area contributed by atoms with Crippen molar-refractivity contribution < 1.29 is 19.1 Å². The van der Waals surface area contributed by atoms with E-state index in [9.17, 15) is 14.4 Å². The number of amides is 3. The van der Waals surface area contributed by atoms with Crippen LogP contribution in [-0.4, -0.2) is 51.1 Å². The number of rotatable bonds is 8. The molecule has 3 aromatic rings. The first-order valence-corrected chi connectivity index (χ1v) is 11.2. The molecule has 2 heterocycles. The first-order chi connectivity index (χ1) is 15.9. The van der Waals surface area contributed by atoms with Gasteiger partial charge in [0.05, 0.1) is 19.3 Å². The molecule has 0 spiro atoms. The van der Waals surface area contributed by atoms with Crippen molar-refractivity contribution >= 4 is 46.8 Å². The molecular weight excluding hydrogens is 466 g/mol. The summed E-state index contributed by atoms with van der Waals surface area (Å²) >= 11 is 7.26. The van der Waals surface area contributed by atoms with Gasteiger partial charge in [-0.2, -0.15) is 0 Å². The Labute approximate surface area is 198 Å². The predicted octanol–water partition coefficient (Wildman–Crippen LogP) is 3.53. The summed E-state index contributed by atoms with van der Waals surface area (Å²) in [4.78, 5) is 39.9. The van der Waals surface area contributed by atoms with E-state index in [2.05, 4.69) is 20.5 Å². The van der Waals surface area contributed by atoms with Crippen molar-refractivity contribution in [2.75, 3.05) is 12.9 Å². The van der Waals surface area contributed by atoms with E-state index in [0.29, 0.717) is 33.0 Å². The summed E-state index contributed by atoms with van der Waals surface area (Å²) in [5.74, 6) is 0.804. The molecule has 3 amide bonds. The van der Waals surface area contributed by atoms with Crippen molar-refractivity contribution in [2.45, 2.75) is 18.0 Å². The first kappa shape index (κ1) is 22.7. The van der Waals surface area contributed by atoms with E-state index in [-0.39, 0.29) is 24.4 Å². The molecule has 1 aliphatic rings. The molecule has 168 valence electrons. The summed E-state index contributed by atoms with van der Waals surface area (Å²) in [7, 11) is 1.56. The van der Waals surface area contributed by atoms with Gasteiger partial charge in [-0.3, -0.25) is 19.5 Å². The Kier molecular flexibility index (Phi) is 6.85. The summed E-state index contributed by atoms with van der Waals surface area (Å²) in [6.07, 6.45) is 0.152. The quantitative estimate of drug-likeness (QED) is 0.385. The average molecular weight is 484 g/mol. The topological polar surface area (TPSA) is 116 Å².